The van der Waals surface area contributed by atoms with Gasteiger partial charge in [0.1, 0.15) is 23.3 Å². The molecule has 2 heterocycles. The van der Waals surface area contributed by atoms with E-state index < -0.39 is 17.7 Å². The second kappa shape index (κ2) is 9.36. The number of carbonyl (C=O) groups excluding carboxylic acids is 2. The molecule has 160 valence electrons. The van der Waals surface area contributed by atoms with Gasteiger partial charge in [-0.1, -0.05) is 25.4 Å². The van der Waals surface area contributed by atoms with Gasteiger partial charge in [0, 0.05) is 18.7 Å². The average molecular weight is 433 g/mol. The summed E-state index contributed by atoms with van der Waals surface area (Å²) in [5.74, 6) is -0.943. The highest BCUT2D eigenvalue weighted by Gasteiger charge is 2.47. The topological polar surface area (TPSA) is 83.2 Å². The fraction of sp³-hybridized carbons (Fsp3) is 0.364. The Balaban J connectivity index is 2.09. The van der Waals surface area contributed by atoms with Crippen LogP contribution in [0.25, 0.3) is 5.76 Å². The van der Waals surface area contributed by atoms with E-state index in [0.717, 1.165) is 13.1 Å². The van der Waals surface area contributed by atoms with Crippen molar-refractivity contribution in [1.82, 2.24) is 9.80 Å². The molecule has 0 saturated carbocycles. The molecule has 1 aromatic carbocycles. The van der Waals surface area contributed by atoms with Gasteiger partial charge in [-0.15, -0.1) is 0 Å². The first-order valence-electron chi connectivity index (χ1n) is 9.80. The second-order valence-electron chi connectivity index (χ2n) is 6.88. The molecule has 1 saturated heterocycles. The molecule has 0 bridgehead atoms. The van der Waals surface area contributed by atoms with Crippen molar-refractivity contribution in [2.24, 2.45) is 0 Å². The number of aliphatic hydroxyl groups is 1. The summed E-state index contributed by atoms with van der Waals surface area (Å²) in [5, 5.41) is 11.3. The molecule has 1 aromatic heterocycles. The van der Waals surface area contributed by atoms with Gasteiger partial charge in [0.05, 0.1) is 24.0 Å². The predicted octanol–water partition coefficient (Wildman–Crippen LogP) is 3.71. The van der Waals surface area contributed by atoms with Gasteiger partial charge in [-0.05, 0) is 43.4 Å². The summed E-state index contributed by atoms with van der Waals surface area (Å²) in [4.78, 5) is 29.4. The standard InChI is InChI=1S/C22H25ClN2O5/c1-4-24(5-2)10-11-25-19(17-7-6-12-30-17)18(21(27)22(25)28)20(26)15-13-14(29-3)8-9-16(15)23/h6-9,12-13,19,26H,4-5,10-11H2,1-3H3/b20-18-. The Labute approximate surface area is 180 Å². The lowest BCUT2D eigenvalue weighted by Crippen LogP contribution is -2.37. The van der Waals surface area contributed by atoms with E-state index in [0.29, 0.717) is 24.6 Å². The average Bonchev–Trinajstić information content (AvgIpc) is 3.36. The van der Waals surface area contributed by atoms with Gasteiger partial charge in [-0.2, -0.15) is 0 Å². The molecule has 3 rings (SSSR count). The summed E-state index contributed by atoms with van der Waals surface area (Å²) >= 11 is 6.27. The first-order chi connectivity index (χ1) is 14.4. The van der Waals surface area contributed by atoms with E-state index in [1.165, 1.54) is 24.3 Å². The molecule has 1 aliphatic heterocycles. The lowest BCUT2D eigenvalue weighted by Gasteiger charge is -2.26. The van der Waals surface area contributed by atoms with Gasteiger partial charge in [0.2, 0.25) is 0 Å². The number of rotatable bonds is 8. The summed E-state index contributed by atoms with van der Waals surface area (Å²) in [6, 6.07) is 7.26. The zero-order chi connectivity index (χ0) is 21.8. The van der Waals surface area contributed by atoms with Gasteiger partial charge in [0.15, 0.2) is 0 Å². The monoisotopic (exact) mass is 432 g/mol. The highest BCUT2D eigenvalue weighted by atomic mass is 35.5. The van der Waals surface area contributed by atoms with Gasteiger partial charge in [-0.25, -0.2) is 0 Å². The van der Waals surface area contributed by atoms with Crippen molar-refractivity contribution in [2.45, 2.75) is 19.9 Å². The van der Waals surface area contributed by atoms with E-state index in [1.54, 1.807) is 24.3 Å². The summed E-state index contributed by atoms with van der Waals surface area (Å²) < 4.78 is 10.7. The number of furan rings is 1. The Morgan fingerprint density at radius 3 is 2.60 bits per heavy atom. The molecule has 2 aromatic rings. The minimum absolute atomic E-state index is 0.0512. The SMILES string of the molecule is CCN(CC)CCN1C(=O)C(=O)/C(=C(\O)c2cc(OC)ccc2Cl)C1c1ccco1. The Kier molecular flexibility index (Phi) is 6.84. The van der Waals surface area contributed by atoms with Crippen molar-refractivity contribution in [3.8, 4) is 5.75 Å². The molecule has 1 atom stereocenters. The molecule has 1 unspecified atom stereocenters. The number of halogens is 1. The van der Waals surface area contributed by atoms with Crippen LogP contribution in [-0.4, -0.2) is 59.9 Å². The summed E-state index contributed by atoms with van der Waals surface area (Å²) in [6.45, 7) is 6.63. The highest BCUT2D eigenvalue weighted by Crippen LogP contribution is 2.41. The number of ether oxygens (including phenoxy) is 1. The largest absolute Gasteiger partial charge is 0.507 e. The molecule has 8 heteroatoms. The number of hydrogen-bond donors (Lipinski definition) is 1. The normalized spacial score (nSPS) is 18.4. The predicted molar refractivity (Wildman–Crippen MR) is 114 cm³/mol. The van der Waals surface area contributed by atoms with Crippen molar-refractivity contribution in [1.29, 1.82) is 0 Å². The molecule has 0 aliphatic carbocycles. The van der Waals surface area contributed by atoms with Gasteiger partial charge >= 0.3 is 0 Å². The minimum Gasteiger partial charge on any atom is -0.507 e. The van der Waals surface area contributed by atoms with E-state index in [9.17, 15) is 14.7 Å². The van der Waals surface area contributed by atoms with Crippen molar-refractivity contribution in [3.05, 3.63) is 58.5 Å². The van der Waals surface area contributed by atoms with E-state index in [4.69, 9.17) is 20.8 Å². The number of methoxy groups -OCH3 is 1. The zero-order valence-electron chi connectivity index (χ0n) is 17.2. The Morgan fingerprint density at radius 2 is 2.00 bits per heavy atom. The van der Waals surface area contributed by atoms with Crippen molar-refractivity contribution >= 4 is 29.1 Å². The number of amides is 1. The van der Waals surface area contributed by atoms with E-state index in [1.807, 2.05) is 13.8 Å². The molecule has 7 nitrogen and oxygen atoms in total. The number of nitrogens with zero attached hydrogens (tertiary/aromatic N) is 2. The third-order valence-electron chi connectivity index (χ3n) is 5.33. The molecular formula is C22H25ClN2O5. The Hall–Kier alpha value is -2.77. The number of likely N-dealkylation sites (tertiary alicyclic amines) is 1. The van der Waals surface area contributed by atoms with Crippen LogP contribution in [0.5, 0.6) is 5.75 Å². The smallest absolute Gasteiger partial charge is 0.295 e. The molecule has 1 aliphatic rings. The van der Waals surface area contributed by atoms with Gasteiger partial charge < -0.3 is 24.1 Å². The summed E-state index contributed by atoms with van der Waals surface area (Å²) in [7, 11) is 1.49. The number of aliphatic hydroxyl groups excluding tert-OH is 1. The van der Waals surface area contributed by atoms with Crippen LogP contribution in [-0.2, 0) is 9.59 Å². The van der Waals surface area contributed by atoms with Gasteiger partial charge in [-0.3, -0.25) is 9.59 Å². The van der Waals surface area contributed by atoms with Crippen LogP contribution in [0.4, 0.5) is 0 Å². The highest BCUT2D eigenvalue weighted by molar-refractivity contribution is 6.46. The second-order valence-corrected chi connectivity index (χ2v) is 7.29. The van der Waals surface area contributed by atoms with Crippen LogP contribution in [0.3, 0.4) is 0 Å². The third kappa shape index (κ3) is 4.08. The number of ketones is 1. The fourth-order valence-corrected chi connectivity index (χ4v) is 3.81. The van der Waals surface area contributed by atoms with Crippen molar-refractivity contribution in [3.63, 3.8) is 0 Å². The van der Waals surface area contributed by atoms with Crippen LogP contribution >= 0.6 is 11.6 Å². The first-order valence-corrected chi connectivity index (χ1v) is 10.2. The van der Waals surface area contributed by atoms with Crippen molar-refractivity contribution < 1.29 is 23.8 Å². The Bertz CT molecular complexity index is 950. The van der Waals surface area contributed by atoms with Crippen LogP contribution in [0, 0.1) is 0 Å². The molecule has 1 fully saturated rings. The maximum atomic E-state index is 12.9. The minimum atomic E-state index is -0.835. The molecule has 0 spiro atoms. The molecular weight excluding hydrogens is 408 g/mol. The van der Waals surface area contributed by atoms with E-state index in [2.05, 4.69) is 4.90 Å². The van der Waals surface area contributed by atoms with E-state index >= 15 is 0 Å². The molecule has 1 amide bonds. The van der Waals surface area contributed by atoms with Crippen LogP contribution in [0.2, 0.25) is 5.02 Å². The quantitative estimate of drug-likeness (QED) is 0.389. The number of carbonyl (C=O) groups is 2. The lowest BCUT2D eigenvalue weighted by molar-refractivity contribution is -0.140. The number of Topliss-reactive ketones (excluding diaryl/α,β-unsaturated/α-hetero) is 1. The zero-order valence-corrected chi connectivity index (χ0v) is 18.0. The molecule has 30 heavy (non-hydrogen) atoms. The lowest BCUT2D eigenvalue weighted by atomic mass is 9.99. The van der Waals surface area contributed by atoms with Crippen molar-refractivity contribution in [2.75, 3.05) is 33.3 Å². The van der Waals surface area contributed by atoms with Crippen LogP contribution in [0.15, 0.2) is 46.6 Å². The van der Waals surface area contributed by atoms with Gasteiger partial charge in [0.25, 0.3) is 11.7 Å². The Morgan fingerprint density at radius 1 is 1.27 bits per heavy atom. The first kappa shape index (κ1) is 21.9. The summed E-state index contributed by atoms with van der Waals surface area (Å²) in [5.41, 5.74) is 0.166. The number of likely N-dealkylation sites (N-methyl/N-ethyl adjacent to an activating group) is 1. The maximum absolute atomic E-state index is 12.9. The maximum Gasteiger partial charge on any atom is 0.295 e. The van der Waals surface area contributed by atoms with E-state index in [-0.39, 0.29) is 21.9 Å². The number of hydrogen-bond acceptors (Lipinski definition) is 6. The third-order valence-corrected chi connectivity index (χ3v) is 5.66. The van der Waals surface area contributed by atoms with Crippen LogP contribution in [0.1, 0.15) is 31.2 Å². The molecule has 1 N–H and O–H groups in total. The molecule has 0 radical (unpaired) electrons. The van der Waals surface area contributed by atoms with Crippen LogP contribution < -0.4 is 4.74 Å². The fourth-order valence-electron chi connectivity index (χ4n) is 3.60. The summed E-state index contributed by atoms with van der Waals surface area (Å²) in [6.07, 6.45) is 1.47. The number of benzene rings is 1.